The normalized spacial score (nSPS) is 11.5. The molecule has 0 aliphatic heterocycles. The number of amides is 1. The highest BCUT2D eigenvalue weighted by Gasteiger charge is 2.17. The lowest BCUT2D eigenvalue weighted by molar-refractivity contribution is -0.121. The summed E-state index contributed by atoms with van der Waals surface area (Å²) in [6, 6.07) is 15.6. The first-order valence-electron chi connectivity index (χ1n) is 11.1. The molecule has 2 aromatic carbocycles. The van der Waals surface area contributed by atoms with Gasteiger partial charge in [-0.2, -0.15) is 0 Å². The Bertz CT molecular complexity index is 1300. The lowest BCUT2D eigenvalue weighted by Gasteiger charge is -2.12. The second-order valence-electron chi connectivity index (χ2n) is 8.67. The molecule has 0 spiro atoms. The summed E-state index contributed by atoms with van der Waals surface area (Å²) in [5.74, 6) is 1.64. The van der Waals surface area contributed by atoms with E-state index in [1.165, 1.54) is 5.56 Å². The van der Waals surface area contributed by atoms with Gasteiger partial charge >= 0.3 is 0 Å². The Morgan fingerprint density at radius 3 is 2.56 bits per heavy atom. The molecule has 7 heteroatoms. The van der Waals surface area contributed by atoms with Gasteiger partial charge in [0.25, 0.3) is 5.56 Å². The van der Waals surface area contributed by atoms with Gasteiger partial charge in [0.05, 0.1) is 10.9 Å². The maximum Gasteiger partial charge on any atom is 0.262 e. The molecule has 0 fully saturated rings. The van der Waals surface area contributed by atoms with Crippen molar-refractivity contribution in [3.05, 3.63) is 75.8 Å². The van der Waals surface area contributed by atoms with E-state index in [4.69, 9.17) is 0 Å². The minimum atomic E-state index is -0.0523. The van der Waals surface area contributed by atoms with E-state index < -0.39 is 0 Å². The van der Waals surface area contributed by atoms with Crippen LogP contribution in [0.4, 0.5) is 0 Å². The van der Waals surface area contributed by atoms with Crippen LogP contribution < -0.4 is 10.9 Å². The Kier molecular flexibility index (Phi) is 6.35. The second-order valence-corrected chi connectivity index (χ2v) is 8.67. The number of hydrogen-bond donors (Lipinski definition) is 1. The van der Waals surface area contributed by atoms with Crippen molar-refractivity contribution in [2.24, 2.45) is 5.92 Å². The molecule has 0 aliphatic carbocycles. The zero-order valence-corrected chi connectivity index (χ0v) is 18.8. The summed E-state index contributed by atoms with van der Waals surface area (Å²) in [7, 11) is 0. The van der Waals surface area contributed by atoms with Gasteiger partial charge in [0.2, 0.25) is 11.7 Å². The van der Waals surface area contributed by atoms with Crippen LogP contribution in [0, 0.1) is 12.8 Å². The Labute approximate surface area is 187 Å². The molecule has 32 heavy (non-hydrogen) atoms. The van der Waals surface area contributed by atoms with Crippen molar-refractivity contribution in [3.8, 4) is 0 Å². The first-order chi connectivity index (χ1) is 15.4. The molecule has 0 unspecified atom stereocenters. The molecule has 166 valence electrons. The summed E-state index contributed by atoms with van der Waals surface area (Å²) in [4.78, 5) is 25.5. The summed E-state index contributed by atoms with van der Waals surface area (Å²) < 4.78 is 3.63. The van der Waals surface area contributed by atoms with Crippen molar-refractivity contribution in [1.82, 2.24) is 24.5 Å². The number of hydrogen-bond acceptors (Lipinski definition) is 4. The van der Waals surface area contributed by atoms with Crippen LogP contribution in [0.2, 0.25) is 0 Å². The van der Waals surface area contributed by atoms with Crippen LogP contribution in [0.15, 0.2) is 53.3 Å². The number of carbonyl (C=O) groups excluding carboxylic acids is 1. The summed E-state index contributed by atoms with van der Waals surface area (Å²) in [6.45, 7) is 7.39. The molecule has 0 saturated heterocycles. The molecule has 2 aromatic heterocycles. The predicted octanol–water partition coefficient (Wildman–Crippen LogP) is 3.65. The van der Waals surface area contributed by atoms with Gasteiger partial charge in [-0.3, -0.25) is 18.6 Å². The number of benzene rings is 2. The Balaban J connectivity index is 1.57. The van der Waals surface area contributed by atoms with Crippen LogP contribution in [0.1, 0.15) is 43.6 Å². The molecule has 0 aliphatic rings. The van der Waals surface area contributed by atoms with Gasteiger partial charge in [0.1, 0.15) is 5.82 Å². The first-order valence-corrected chi connectivity index (χ1v) is 11.1. The minimum absolute atomic E-state index is 0.0419. The average molecular weight is 432 g/mol. The molecule has 1 N–H and O–H groups in total. The number of carbonyl (C=O) groups is 1. The highest BCUT2D eigenvalue weighted by Crippen LogP contribution is 2.16. The van der Waals surface area contributed by atoms with Crippen LogP contribution in [-0.4, -0.2) is 25.1 Å². The van der Waals surface area contributed by atoms with E-state index in [2.05, 4.69) is 29.4 Å². The predicted molar refractivity (Wildman–Crippen MR) is 126 cm³/mol. The maximum atomic E-state index is 13.1. The monoisotopic (exact) mass is 431 g/mol. The van der Waals surface area contributed by atoms with E-state index in [1.54, 1.807) is 4.57 Å². The number of aromatic nitrogens is 4. The highest BCUT2D eigenvalue weighted by atomic mass is 16.1. The van der Waals surface area contributed by atoms with Gasteiger partial charge in [-0.05, 0) is 37.0 Å². The number of aryl methyl sites for hydroxylation is 3. The summed E-state index contributed by atoms with van der Waals surface area (Å²) in [5, 5.41) is 12.3. The SMILES string of the molecule is Cc1ccc(CNC(=O)CCc2nnc3n(CCC(C)C)c(=O)c4ccccc4n23)cc1. The maximum absolute atomic E-state index is 13.1. The molecule has 0 radical (unpaired) electrons. The van der Waals surface area contributed by atoms with E-state index >= 15 is 0 Å². The van der Waals surface area contributed by atoms with Crippen molar-refractivity contribution in [1.29, 1.82) is 0 Å². The van der Waals surface area contributed by atoms with Crippen molar-refractivity contribution in [2.75, 3.05) is 0 Å². The van der Waals surface area contributed by atoms with Gasteiger partial charge in [0, 0.05) is 25.9 Å². The average Bonchev–Trinajstić information content (AvgIpc) is 3.21. The lowest BCUT2D eigenvalue weighted by Crippen LogP contribution is -2.25. The first kappa shape index (κ1) is 21.7. The second kappa shape index (κ2) is 9.34. The number of rotatable bonds is 8. The fourth-order valence-corrected chi connectivity index (χ4v) is 3.79. The van der Waals surface area contributed by atoms with E-state index in [0.29, 0.717) is 48.8 Å². The fraction of sp³-hybridized carbons (Fsp3) is 0.360. The molecule has 0 bridgehead atoms. The number of nitrogens with zero attached hydrogens (tertiary/aromatic N) is 4. The van der Waals surface area contributed by atoms with E-state index in [9.17, 15) is 9.59 Å². The van der Waals surface area contributed by atoms with Gasteiger partial charge in [-0.15, -0.1) is 10.2 Å². The quantitative estimate of drug-likeness (QED) is 0.462. The summed E-state index contributed by atoms with van der Waals surface area (Å²) in [6.07, 6.45) is 1.61. The largest absolute Gasteiger partial charge is 0.352 e. The zero-order valence-electron chi connectivity index (χ0n) is 18.8. The van der Waals surface area contributed by atoms with E-state index in [-0.39, 0.29) is 11.5 Å². The van der Waals surface area contributed by atoms with Crippen molar-refractivity contribution in [3.63, 3.8) is 0 Å². The van der Waals surface area contributed by atoms with Gasteiger partial charge in [-0.25, -0.2) is 0 Å². The molecular weight excluding hydrogens is 402 g/mol. The molecular formula is C25H29N5O2. The van der Waals surface area contributed by atoms with Crippen LogP contribution in [-0.2, 0) is 24.3 Å². The lowest BCUT2D eigenvalue weighted by atomic mass is 10.1. The molecule has 2 heterocycles. The topological polar surface area (TPSA) is 81.3 Å². The summed E-state index contributed by atoms with van der Waals surface area (Å²) in [5.41, 5.74) is 2.98. The number of fused-ring (bicyclic) bond motifs is 3. The standard InChI is InChI=1S/C25H29N5O2/c1-17(2)14-15-29-24(32)20-6-4-5-7-21(20)30-22(27-28-25(29)30)12-13-23(31)26-16-19-10-8-18(3)9-11-19/h4-11,17H,12-16H2,1-3H3,(H,26,31). The molecule has 4 aromatic rings. The molecule has 7 nitrogen and oxygen atoms in total. The highest BCUT2D eigenvalue weighted by molar-refractivity contribution is 5.80. The van der Waals surface area contributed by atoms with Crippen LogP contribution in [0.5, 0.6) is 0 Å². The van der Waals surface area contributed by atoms with Crippen LogP contribution in [0.3, 0.4) is 0 Å². The minimum Gasteiger partial charge on any atom is -0.352 e. The van der Waals surface area contributed by atoms with Crippen LogP contribution in [0.25, 0.3) is 16.7 Å². The Morgan fingerprint density at radius 1 is 1.06 bits per heavy atom. The molecule has 0 saturated carbocycles. The third kappa shape index (κ3) is 4.56. The van der Waals surface area contributed by atoms with E-state index in [0.717, 1.165) is 17.5 Å². The molecule has 1 amide bonds. The third-order valence-electron chi connectivity index (χ3n) is 5.69. The number of nitrogens with one attached hydrogen (secondary N) is 1. The van der Waals surface area contributed by atoms with E-state index in [1.807, 2.05) is 59.9 Å². The van der Waals surface area contributed by atoms with Crippen LogP contribution >= 0.6 is 0 Å². The summed E-state index contributed by atoms with van der Waals surface area (Å²) >= 11 is 0. The van der Waals surface area contributed by atoms with Crippen molar-refractivity contribution >= 4 is 22.6 Å². The third-order valence-corrected chi connectivity index (χ3v) is 5.69. The Morgan fingerprint density at radius 2 is 1.81 bits per heavy atom. The van der Waals surface area contributed by atoms with Gasteiger partial charge in [-0.1, -0.05) is 55.8 Å². The van der Waals surface area contributed by atoms with Crippen molar-refractivity contribution in [2.45, 2.75) is 53.1 Å². The van der Waals surface area contributed by atoms with Crippen molar-refractivity contribution < 1.29 is 4.79 Å². The Hall–Kier alpha value is -3.48. The van der Waals surface area contributed by atoms with Gasteiger partial charge in [0.15, 0.2) is 0 Å². The zero-order chi connectivity index (χ0) is 22.7. The van der Waals surface area contributed by atoms with Gasteiger partial charge < -0.3 is 5.32 Å². The number of para-hydroxylation sites is 1. The smallest absolute Gasteiger partial charge is 0.262 e. The fourth-order valence-electron chi connectivity index (χ4n) is 3.79. The molecule has 4 rings (SSSR count). The molecule has 0 atom stereocenters.